The molecule has 3 nitrogen and oxygen atoms in total. The lowest BCUT2D eigenvalue weighted by atomic mass is 10.5. The zero-order valence-corrected chi connectivity index (χ0v) is 7.42. The minimum absolute atomic E-state index is 0.103. The average molecular weight is 198 g/mol. The molecule has 0 amide bonds. The van der Waals surface area contributed by atoms with Crippen molar-refractivity contribution in [3.05, 3.63) is 11.8 Å². The highest BCUT2D eigenvalue weighted by Gasteiger charge is 2.12. The van der Waals surface area contributed by atoms with Gasteiger partial charge in [-0.15, -0.1) is 0 Å². The van der Waals surface area contributed by atoms with Crippen molar-refractivity contribution in [3.63, 3.8) is 0 Å². The smallest absolute Gasteiger partial charge is 0.206 e. The van der Waals surface area contributed by atoms with E-state index in [1.807, 2.05) is 0 Å². The second-order valence-corrected chi connectivity index (χ2v) is 5.32. The van der Waals surface area contributed by atoms with Crippen molar-refractivity contribution in [2.45, 2.75) is 11.1 Å². The summed E-state index contributed by atoms with van der Waals surface area (Å²) >= 11 is 0.887. The Balaban J connectivity index is 3.21. The number of nitrogens with zero attached hydrogens (tertiary/aromatic N) is 1. The maximum atomic E-state index is 10.6. The van der Waals surface area contributed by atoms with Crippen molar-refractivity contribution in [1.29, 1.82) is 0 Å². The van der Waals surface area contributed by atoms with Gasteiger partial charge in [-0.2, -0.15) is 4.37 Å². The summed E-state index contributed by atoms with van der Waals surface area (Å²) in [6.07, 6.45) is 0. The van der Waals surface area contributed by atoms with Crippen LogP contribution in [0.5, 0.6) is 0 Å². The van der Waals surface area contributed by atoms with Gasteiger partial charge < -0.3 is 0 Å². The molecule has 0 saturated carbocycles. The van der Waals surface area contributed by atoms with Gasteiger partial charge in [0.25, 0.3) is 9.05 Å². The van der Waals surface area contributed by atoms with Crippen LogP contribution in [0.15, 0.2) is 10.3 Å². The minimum Gasteiger partial charge on any atom is -0.206 e. The lowest BCUT2D eigenvalue weighted by molar-refractivity contribution is 0.611. The molecule has 0 N–H and O–H groups in total. The molecule has 1 rings (SSSR count). The zero-order valence-electron chi connectivity index (χ0n) is 5.04. The fraction of sp³-hybridized carbons (Fsp3) is 0.250. The predicted octanol–water partition coefficient (Wildman–Crippen LogP) is 1.38. The molecular formula is C4H4ClNO2S2. The Labute approximate surface area is 67.2 Å². The highest BCUT2D eigenvalue weighted by molar-refractivity contribution is 8.15. The second-order valence-electron chi connectivity index (χ2n) is 1.73. The summed E-state index contributed by atoms with van der Waals surface area (Å²) in [6.45, 7) is 1.71. The number of aromatic nitrogens is 1. The topological polar surface area (TPSA) is 47.0 Å². The highest BCUT2D eigenvalue weighted by Crippen LogP contribution is 2.19. The fourth-order valence-corrected chi connectivity index (χ4v) is 2.13. The number of hydrogen-bond acceptors (Lipinski definition) is 4. The van der Waals surface area contributed by atoms with Crippen LogP contribution in [-0.4, -0.2) is 12.8 Å². The van der Waals surface area contributed by atoms with Gasteiger partial charge in [-0.1, -0.05) is 0 Å². The van der Waals surface area contributed by atoms with E-state index in [4.69, 9.17) is 10.7 Å². The van der Waals surface area contributed by atoms with Gasteiger partial charge in [0, 0.05) is 10.7 Å². The Hall–Kier alpha value is -0.130. The van der Waals surface area contributed by atoms with E-state index >= 15 is 0 Å². The van der Waals surface area contributed by atoms with E-state index in [9.17, 15) is 8.42 Å². The maximum Gasteiger partial charge on any atom is 0.272 e. The van der Waals surface area contributed by atoms with Crippen molar-refractivity contribution >= 4 is 31.3 Å². The van der Waals surface area contributed by atoms with E-state index < -0.39 is 9.05 Å². The molecule has 1 aromatic rings. The summed E-state index contributed by atoms with van der Waals surface area (Å²) in [4.78, 5) is 0. The van der Waals surface area contributed by atoms with Crippen LogP contribution in [0.2, 0.25) is 0 Å². The lowest BCUT2D eigenvalue weighted by Crippen LogP contribution is -1.83. The fourth-order valence-electron chi connectivity index (χ4n) is 0.455. The molecule has 10 heavy (non-hydrogen) atoms. The molecule has 1 aromatic heterocycles. The first-order valence-electron chi connectivity index (χ1n) is 2.38. The Kier molecular flexibility index (Phi) is 1.98. The maximum absolute atomic E-state index is 10.6. The summed E-state index contributed by atoms with van der Waals surface area (Å²) in [5, 5.41) is 0. The zero-order chi connectivity index (χ0) is 7.78. The lowest BCUT2D eigenvalue weighted by Gasteiger charge is -1.81. The molecule has 0 aliphatic rings. The third-order valence-electron chi connectivity index (χ3n) is 0.847. The van der Waals surface area contributed by atoms with Crippen molar-refractivity contribution in [2.75, 3.05) is 0 Å². The second kappa shape index (κ2) is 2.48. The van der Waals surface area contributed by atoms with Gasteiger partial charge in [-0.25, -0.2) is 8.42 Å². The van der Waals surface area contributed by atoms with Gasteiger partial charge in [-0.05, 0) is 24.5 Å². The Bertz CT molecular complexity index is 329. The van der Waals surface area contributed by atoms with Crippen molar-refractivity contribution in [2.24, 2.45) is 0 Å². The monoisotopic (exact) mass is 197 g/mol. The van der Waals surface area contributed by atoms with Gasteiger partial charge >= 0.3 is 0 Å². The van der Waals surface area contributed by atoms with Crippen molar-refractivity contribution < 1.29 is 8.42 Å². The van der Waals surface area contributed by atoms with Gasteiger partial charge in [0.15, 0.2) is 4.21 Å². The van der Waals surface area contributed by atoms with Crippen LogP contribution in [0.4, 0.5) is 0 Å². The minimum atomic E-state index is -3.55. The SMILES string of the molecule is Cc1cc(S(=O)(=O)Cl)sn1. The van der Waals surface area contributed by atoms with Gasteiger partial charge in [0.2, 0.25) is 0 Å². The molecule has 0 spiro atoms. The first kappa shape index (κ1) is 7.97. The molecule has 0 aliphatic heterocycles. The van der Waals surface area contributed by atoms with Crippen LogP contribution < -0.4 is 0 Å². The summed E-state index contributed by atoms with van der Waals surface area (Å²) < 4.78 is 25.0. The third-order valence-corrected chi connectivity index (χ3v) is 3.78. The first-order valence-corrected chi connectivity index (χ1v) is 5.46. The van der Waals surface area contributed by atoms with E-state index in [2.05, 4.69) is 4.37 Å². The van der Waals surface area contributed by atoms with E-state index in [-0.39, 0.29) is 4.21 Å². The molecule has 0 unspecified atom stereocenters. The summed E-state index contributed by atoms with van der Waals surface area (Å²) in [5.41, 5.74) is 0.671. The normalized spacial score (nSPS) is 11.8. The number of aryl methyl sites for hydroxylation is 1. The van der Waals surface area contributed by atoms with Crippen LogP contribution in [0.25, 0.3) is 0 Å². The Morgan fingerprint density at radius 2 is 2.30 bits per heavy atom. The average Bonchev–Trinajstić information content (AvgIpc) is 2.11. The van der Waals surface area contributed by atoms with Crippen LogP contribution in [0.3, 0.4) is 0 Å². The molecule has 0 atom stereocenters. The highest BCUT2D eigenvalue weighted by atomic mass is 35.7. The van der Waals surface area contributed by atoms with Gasteiger partial charge in [0.1, 0.15) is 0 Å². The van der Waals surface area contributed by atoms with Gasteiger partial charge in [0.05, 0.1) is 5.69 Å². The van der Waals surface area contributed by atoms with E-state index in [1.54, 1.807) is 6.92 Å². The molecule has 1 heterocycles. The quantitative estimate of drug-likeness (QED) is 0.639. The summed E-state index contributed by atoms with van der Waals surface area (Å²) in [7, 11) is 1.46. The molecule has 6 heteroatoms. The van der Waals surface area contributed by atoms with E-state index in [1.165, 1.54) is 6.07 Å². The third kappa shape index (κ3) is 1.68. The largest absolute Gasteiger partial charge is 0.272 e. The predicted molar refractivity (Wildman–Crippen MR) is 39.9 cm³/mol. The molecule has 0 radical (unpaired) electrons. The number of rotatable bonds is 1. The van der Waals surface area contributed by atoms with Crippen molar-refractivity contribution in [1.82, 2.24) is 4.37 Å². The van der Waals surface area contributed by atoms with Gasteiger partial charge in [-0.3, -0.25) is 0 Å². The molecule has 0 aromatic carbocycles. The van der Waals surface area contributed by atoms with Crippen LogP contribution in [-0.2, 0) is 9.05 Å². The summed E-state index contributed by atoms with van der Waals surface area (Å²) in [5.74, 6) is 0. The summed E-state index contributed by atoms with van der Waals surface area (Å²) in [6, 6.07) is 1.44. The molecule has 0 fully saturated rings. The van der Waals surface area contributed by atoms with E-state index in [0.717, 1.165) is 11.5 Å². The number of halogens is 1. The van der Waals surface area contributed by atoms with Crippen LogP contribution in [0.1, 0.15) is 5.69 Å². The van der Waals surface area contributed by atoms with Crippen LogP contribution in [0, 0.1) is 6.92 Å². The molecule has 0 aliphatic carbocycles. The molecular weight excluding hydrogens is 194 g/mol. The molecule has 0 saturated heterocycles. The van der Waals surface area contributed by atoms with Crippen molar-refractivity contribution in [3.8, 4) is 0 Å². The molecule has 56 valence electrons. The Morgan fingerprint density at radius 3 is 2.50 bits per heavy atom. The van der Waals surface area contributed by atoms with Crippen LogP contribution >= 0.6 is 22.2 Å². The first-order chi connectivity index (χ1) is 4.50. The molecule has 0 bridgehead atoms. The standard InChI is InChI=1S/C4H4ClNO2S2/c1-3-2-4(9-6-3)10(5,7)8/h2H,1H3. The number of hydrogen-bond donors (Lipinski definition) is 0. The van der Waals surface area contributed by atoms with E-state index in [0.29, 0.717) is 5.69 Å². The Morgan fingerprint density at radius 1 is 1.70 bits per heavy atom.